The number of furan rings is 1. The maximum absolute atomic E-state index is 5.36. The standard InChI is InChI=1S/C14H21N3O/c1-10(2)17-7-5-12(16-17)9-14(15-4)13-6-8-18-11(13)3/h5-8,10,14-15H,9H2,1-4H3. The fourth-order valence-electron chi connectivity index (χ4n) is 2.11. The van der Waals surface area contributed by atoms with Crippen molar-refractivity contribution in [2.24, 2.45) is 0 Å². The van der Waals surface area contributed by atoms with Crippen LogP contribution in [0.4, 0.5) is 0 Å². The Morgan fingerprint density at radius 3 is 2.67 bits per heavy atom. The SMILES string of the molecule is CNC(Cc1ccn(C(C)C)n1)c1ccoc1C. The van der Waals surface area contributed by atoms with E-state index >= 15 is 0 Å². The molecule has 0 aliphatic heterocycles. The van der Waals surface area contributed by atoms with Crippen molar-refractivity contribution in [2.45, 2.75) is 39.3 Å². The third-order valence-electron chi connectivity index (χ3n) is 3.23. The number of likely N-dealkylation sites (N-methyl/N-ethyl adjacent to an activating group) is 1. The fraction of sp³-hybridized carbons (Fsp3) is 0.500. The lowest BCUT2D eigenvalue weighted by molar-refractivity contribution is 0.500. The molecule has 0 spiro atoms. The molecule has 0 fully saturated rings. The third kappa shape index (κ3) is 2.64. The summed E-state index contributed by atoms with van der Waals surface area (Å²) in [5.74, 6) is 0.970. The van der Waals surface area contributed by atoms with E-state index in [1.54, 1.807) is 6.26 Å². The largest absolute Gasteiger partial charge is 0.469 e. The Morgan fingerprint density at radius 1 is 1.39 bits per heavy atom. The molecule has 2 aromatic rings. The molecule has 2 heterocycles. The Bertz CT molecular complexity index is 499. The van der Waals surface area contributed by atoms with Crippen LogP contribution in [-0.2, 0) is 6.42 Å². The summed E-state index contributed by atoms with van der Waals surface area (Å²) in [6.45, 7) is 6.26. The molecule has 98 valence electrons. The second-order valence-corrected chi connectivity index (χ2v) is 4.86. The Kier molecular flexibility index (Phi) is 3.87. The van der Waals surface area contributed by atoms with Crippen LogP contribution in [0.3, 0.4) is 0 Å². The van der Waals surface area contributed by atoms with Gasteiger partial charge in [0, 0.05) is 30.3 Å². The van der Waals surface area contributed by atoms with Crippen LogP contribution in [0.2, 0.25) is 0 Å². The zero-order chi connectivity index (χ0) is 13.1. The minimum Gasteiger partial charge on any atom is -0.469 e. The summed E-state index contributed by atoms with van der Waals surface area (Å²) in [5, 5.41) is 7.91. The number of aromatic nitrogens is 2. The van der Waals surface area contributed by atoms with Crippen LogP contribution < -0.4 is 5.32 Å². The number of nitrogens with one attached hydrogen (secondary N) is 1. The van der Waals surface area contributed by atoms with Gasteiger partial charge < -0.3 is 9.73 Å². The molecular weight excluding hydrogens is 226 g/mol. The van der Waals surface area contributed by atoms with E-state index in [1.807, 2.05) is 30.9 Å². The van der Waals surface area contributed by atoms with E-state index in [0.29, 0.717) is 6.04 Å². The normalized spacial score (nSPS) is 13.2. The molecule has 0 radical (unpaired) electrons. The van der Waals surface area contributed by atoms with Gasteiger partial charge in [0.25, 0.3) is 0 Å². The highest BCUT2D eigenvalue weighted by atomic mass is 16.3. The lowest BCUT2D eigenvalue weighted by Gasteiger charge is -2.14. The molecule has 18 heavy (non-hydrogen) atoms. The van der Waals surface area contributed by atoms with E-state index in [-0.39, 0.29) is 6.04 Å². The van der Waals surface area contributed by atoms with E-state index in [0.717, 1.165) is 17.9 Å². The highest BCUT2D eigenvalue weighted by Gasteiger charge is 2.16. The number of aryl methyl sites for hydroxylation is 1. The van der Waals surface area contributed by atoms with Crippen LogP contribution in [0.25, 0.3) is 0 Å². The van der Waals surface area contributed by atoms with E-state index in [2.05, 4.69) is 30.3 Å². The first-order valence-corrected chi connectivity index (χ1v) is 6.37. The zero-order valence-corrected chi connectivity index (χ0v) is 11.5. The van der Waals surface area contributed by atoms with Crippen LogP contribution in [0, 0.1) is 6.92 Å². The molecule has 0 aliphatic rings. The first-order chi connectivity index (χ1) is 8.61. The van der Waals surface area contributed by atoms with Crippen molar-refractivity contribution in [1.29, 1.82) is 0 Å². The van der Waals surface area contributed by atoms with Crippen molar-refractivity contribution in [3.05, 3.63) is 41.6 Å². The van der Waals surface area contributed by atoms with Gasteiger partial charge in [-0.2, -0.15) is 5.10 Å². The summed E-state index contributed by atoms with van der Waals surface area (Å²) in [4.78, 5) is 0. The van der Waals surface area contributed by atoms with E-state index < -0.39 is 0 Å². The van der Waals surface area contributed by atoms with Gasteiger partial charge in [0.15, 0.2) is 0 Å². The molecule has 1 atom stereocenters. The minimum atomic E-state index is 0.249. The molecule has 2 aromatic heterocycles. The second kappa shape index (κ2) is 5.40. The van der Waals surface area contributed by atoms with Crippen molar-refractivity contribution in [3.63, 3.8) is 0 Å². The maximum atomic E-state index is 5.36. The smallest absolute Gasteiger partial charge is 0.105 e. The van der Waals surface area contributed by atoms with E-state index in [1.165, 1.54) is 5.56 Å². The van der Waals surface area contributed by atoms with Crippen molar-refractivity contribution < 1.29 is 4.42 Å². The summed E-state index contributed by atoms with van der Waals surface area (Å²) >= 11 is 0. The molecule has 2 rings (SSSR count). The van der Waals surface area contributed by atoms with E-state index in [4.69, 9.17) is 4.42 Å². The molecule has 0 saturated heterocycles. The van der Waals surface area contributed by atoms with Crippen molar-refractivity contribution in [2.75, 3.05) is 7.05 Å². The topological polar surface area (TPSA) is 43.0 Å². The predicted octanol–water partition coefficient (Wildman–Crippen LogP) is 2.87. The van der Waals surface area contributed by atoms with Gasteiger partial charge in [-0.1, -0.05) is 0 Å². The summed E-state index contributed by atoms with van der Waals surface area (Å²) in [5.41, 5.74) is 2.31. The Labute approximate surface area is 108 Å². The van der Waals surface area contributed by atoms with Gasteiger partial charge in [-0.3, -0.25) is 4.68 Å². The number of rotatable bonds is 5. The van der Waals surface area contributed by atoms with Gasteiger partial charge in [0.1, 0.15) is 5.76 Å². The third-order valence-corrected chi connectivity index (χ3v) is 3.23. The van der Waals surface area contributed by atoms with E-state index in [9.17, 15) is 0 Å². The monoisotopic (exact) mass is 247 g/mol. The second-order valence-electron chi connectivity index (χ2n) is 4.86. The number of hydrogen-bond acceptors (Lipinski definition) is 3. The lowest BCUT2D eigenvalue weighted by atomic mass is 10.0. The van der Waals surface area contributed by atoms with Gasteiger partial charge >= 0.3 is 0 Å². The van der Waals surface area contributed by atoms with Gasteiger partial charge in [-0.15, -0.1) is 0 Å². The minimum absolute atomic E-state index is 0.249. The predicted molar refractivity (Wildman–Crippen MR) is 71.6 cm³/mol. The van der Waals surface area contributed by atoms with Crippen molar-refractivity contribution in [1.82, 2.24) is 15.1 Å². The van der Waals surface area contributed by atoms with Gasteiger partial charge in [0.05, 0.1) is 12.0 Å². The number of nitrogens with zero attached hydrogens (tertiary/aromatic N) is 2. The van der Waals surface area contributed by atoms with Crippen molar-refractivity contribution >= 4 is 0 Å². The summed E-state index contributed by atoms with van der Waals surface area (Å²) in [6.07, 6.45) is 4.65. The highest BCUT2D eigenvalue weighted by Crippen LogP contribution is 2.22. The van der Waals surface area contributed by atoms with Crippen LogP contribution in [-0.4, -0.2) is 16.8 Å². The Balaban J connectivity index is 2.13. The number of hydrogen-bond donors (Lipinski definition) is 1. The average molecular weight is 247 g/mol. The van der Waals surface area contributed by atoms with Crippen LogP contribution in [0.15, 0.2) is 29.0 Å². The van der Waals surface area contributed by atoms with Crippen LogP contribution in [0.1, 0.15) is 42.9 Å². The Hall–Kier alpha value is -1.55. The molecule has 4 nitrogen and oxygen atoms in total. The van der Waals surface area contributed by atoms with Crippen LogP contribution in [0.5, 0.6) is 0 Å². The fourth-order valence-corrected chi connectivity index (χ4v) is 2.11. The summed E-state index contributed by atoms with van der Waals surface area (Å²) in [7, 11) is 1.97. The van der Waals surface area contributed by atoms with Gasteiger partial charge in [-0.25, -0.2) is 0 Å². The van der Waals surface area contributed by atoms with Gasteiger partial charge in [-0.05, 0) is 40.0 Å². The first kappa shape index (κ1) is 12.9. The molecule has 0 saturated carbocycles. The molecule has 0 aliphatic carbocycles. The lowest BCUT2D eigenvalue weighted by Crippen LogP contribution is -2.19. The summed E-state index contributed by atoms with van der Waals surface area (Å²) < 4.78 is 7.35. The molecule has 1 unspecified atom stereocenters. The van der Waals surface area contributed by atoms with Crippen LogP contribution >= 0.6 is 0 Å². The quantitative estimate of drug-likeness (QED) is 0.883. The molecule has 4 heteroatoms. The zero-order valence-electron chi connectivity index (χ0n) is 11.5. The molecule has 0 bridgehead atoms. The molecule has 0 amide bonds. The Morgan fingerprint density at radius 2 is 2.17 bits per heavy atom. The highest BCUT2D eigenvalue weighted by molar-refractivity contribution is 5.22. The van der Waals surface area contributed by atoms with Crippen molar-refractivity contribution in [3.8, 4) is 0 Å². The molecular formula is C14H21N3O. The first-order valence-electron chi connectivity index (χ1n) is 6.37. The average Bonchev–Trinajstić information content (AvgIpc) is 2.95. The summed E-state index contributed by atoms with van der Waals surface area (Å²) in [6, 6.07) is 4.76. The maximum Gasteiger partial charge on any atom is 0.105 e. The molecule has 0 aromatic carbocycles. The molecule has 1 N–H and O–H groups in total. The van der Waals surface area contributed by atoms with Gasteiger partial charge in [0.2, 0.25) is 0 Å².